The summed E-state index contributed by atoms with van der Waals surface area (Å²) in [4.78, 5) is 38.0. The third-order valence-electron chi connectivity index (χ3n) is 6.67. The van der Waals surface area contributed by atoms with Crippen LogP contribution in [0.25, 0.3) is 11.1 Å². The Morgan fingerprint density at radius 3 is 2.18 bits per heavy atom. The van der Waals surface area contributed by atoms with Crippen LogP contribution in [0.3, 0.4) is 0 Å². The van der Waals surface area contributed by atoms with Gasteiger partial charge in [0.05, 0.1) is 5.92 Å². The summed E-state index contributed by atoms with van der Waals surface area (Å²) in [5.74, 6) is -1.84. The fourth-order valence-corrected chi connectivity index (χ4v) is 5.00. The fourth-order valence-electron chi connectivity index (χ4n) is 5.00. The zero-order valence-corrected chi connectivity index (χ0v) is 18.8. The van der Waals surface area contributed by atoms with Gasteiger partial charge in [-0.1, -0.05) is 68.3 Å². The van der Waals surface area contributed by atoms with Gasteiger partial charge in [-0.2, -0.15) is 0 Å². The van der Waals surface area contributed by atoms with Crippen LogP contribution >= 0.6 is 0 Å². The Hall–Kier alpha value is -3.35. The first-order chi connectivity index (χ1) is 16.0. The molecule has 2 aromatic carbocycles. The van der Waals surface area contributed by atoms with Crippen molar-refractivity contribution in [3.8, 4) is 11.1 Å². The van der Waals surface area contributed by atoms with E-state index in [1.54, 1.807) is 6.92 Å². The highest BCUT2D eigenvalue weighted by molar-refractivity contribution is 5.84. The van der Waals surface area contributed by atoms with Crippen LogP contribution < -0.4 is 5.32 Å². The Balaban J connectivity index is 1.32. The van der Waals surface area contributed by atoms with Gasteiger partial charge in [0.15, 0.2) is 0 Å². The van der Waals surface area contributed by atoms with Crippen molar-refractivity contribution >= 4 is 18.0 Å². The van der Waals surface area contributed by atoms with E-state index in [9.17, 15) is 19.5 Å². The molecule has 4 rings (SSSR count). The number of benzene rings is 2. The molecule has 1 unspecified atom stereocenters. The summed E-state index contributed by atoms with van der Waals surface area (Å²) in [7, 11) is 0. The van der Waals surface area contributed by atoms with Crippen LogP contribution in [-0.2, 0) is 14.3 Å². The summed E-state index contributed by atoms with van der Waals surface area (Å²) in [5, 5.41) is 11.9. The molecule has 1 saturated carbocycles. The van der Waals surface area contributed by atoms with E-state index in [2.05, 4.69) is 29.6 Å². The number of rotatable bonds is 8. The Labute approximate surface area is 193 Å². The number of carbonyl (C=O) groups is 3. The number of carboxylic acids is 1. The number of alkyl carbamates (subject to hydrolysis) is 1. The number of hydrogen-bond acceptors (Lipinski definition) is 4. The first kappa shape index (κ1) is 22.8. The normalized spacial score (nSPS) is 16.0. The van der Waals surface area contributed by atoms with Crippen molar-refractivity contribution in [1.29, 1.82) is 0 Å². The minimum atomic E-state index is -1.02. The molecule has 0 heterocycles. The number of ether oxygens (including phenoxy) is 1. The SMILES string of the molecule is CC(CNC(=O)OCC1c2ccccc2-c2ccccc21)C(=O)N(CC(=O)O)C1CCCC1. The summed E-state index contributed by atoms with van der Waals surface area (Å²) >= 11 is 0. The number of nitrogens with zero attached hydrogens (tertiary/aromatic N) is 1. The smallest absolute Gasteiger partial charge is 0.407 e. The van der Waals surface area contributed by atoms with Gasteiger partial charge in [0.1, 0.15) is 13.2 Å². The fraction of sp³-hybridized carbons (Fsp3) is 0.423. The van der Waals surface area contributed by atoms with Crippen LogP contribution in [-0.4, -0.2) is 53.7 Å². The molecule has 0 radical (unpaired) electrons. The summed E-state index contributed by atoms with van der Waals surface area (Å²) in [6.07, 6.45) is 3.07. The number of nitrogens with one attached hydrogen (secondary N) is 1. The Kier molecular flexibility index (Phi) is 6.96. The molecule has 0 aromatic heterocycles. The zero-order chi connectivity index (χ0) is 23.4. The van der Waals surface area contributed by atoms with E-state index in [-0.39, 0.29) is 37.6 Å². The van der Waals surface area contributed by atoms with Gasteiger partial charge in [0, 0.05) is 18.5 Å². The second kappa shape index (κ2) is 10.1. The maximum absolute atomic E-state index is 12.9. The van der Waals surface area contributed by atoms with Gasteiger partial charge in [-0.3, -0.25) is 9.59 Å². The molecule has 0 bridgehead atoms. The standard InChI is InChI=1S/C26H30N2O5/c1-17(25(31)28(15-24(29)30)18-8-2-3-9-18)14-27-26(32)33-16-23-21-12-6-4-10-19(21)20-11-5-7-13-22(20)23/h4-7,10-13,17-18,23H,2-3,8-9,14-16H2,1H3,(H,27,32)(H,29,30). The van der Waals surface area contributed by atoms with Gasteiger partial charge in [-0.05, 0) is 35.1 Å². The van der Waals surface area contributed by atoms with Crippen molar-refractivity contribution in [2.45, 2.75) is 44.6 Å². The average Bonchev–Trinajstić information content (AvgIpc) is 3.46. The molecule has 2 aliphatic rings. The number of hydrogen-bond donors (Lipinski definition) is 2. The lowest BCUT2D eigenvalue weighted by Crippen LogP contribution is -2.47. The van der Waals surface area contributed by atoms with Crippen molar-refractivity contribution in [1.82, 2.24) is 10.2 Å². The van der Waals surface area contributed by atoms with Gasteiger partial charge in [0.2, 0.25) is 5.91 Å². The molecule has 2 amide bonds. The van der Waals surface area contributed by atoms with Crippen molar-refractivity contribution in [2.75, 3.05) is 19.7 Å². The predicted molar refractivity (Wildman–Crippen MR) is 124 cm³/mol. The third kappa shape index (κ3) is 5.02. The molecule has 1 fully saturated rings. The molecular weight excluding hydrogens is 420 g/mol. The number of carbonyl (C=O) groups excluding carboxylic acids is 2. The van der Waals surface area contributed by atoms with Gasteiger partial charge < -0.3 is 20.1 Å². The Bertz CT molecular complexity index is 985. The lowest BCUT2D eigenvalue weighted by molar-refractivity contribution is -0.147. The molecule has 33 heavy (non-hydrogen) atoms. The topological polar surface area (TPSA) is 95.9 Å². The van der Waals surface area contributed by atoms with E-state index >= 15 is 0 Å². The number of carboxylic acid groups (broad SMARTS) is 1. The second-order valence-corrected chi connectivity index (χ2v) is 8.91. The summed E-state index contributed by atoms with van der Waals surface area (Å²) in [6.45, 7) is 1.70. The second-order valence-electron chi connectivity index (χ2n) is 8.91. The number of aliphatic carboxylic acids is 1. The molecule has 2 N–H and O–H groups in total. The molecular formula is C26H30N2O5. The summed E-state index contributed by atoms with van der Waals surface area (Å²) in [5.41, 5.74) is 4.59. The molecule has 0 saturated heterocycles. The predicted octanol–water partition coefficient (Wildman–Crippen LogP) is 4.02. The highest BCUT2D eigenvalue weighted by atomic mass is 16.5. The van der Waals surface area contributed by atoms with Crippen molar-refractivity contribution in [2.24, 2.45) is 5.92 Å². The monoisotopic (exact) mass is 450 g/mol. The first-order valence-electron chi connectivity index (χ1n) is 11.6. The molecule has 2 aromatic rings. The molecule has 174 valence electrons. The molecule has 0 spiro atoms. The van der Waals surface area contributed by atoms with Crippen molar-refractivity contribution in [3.05, 3.63) is 59.7 Å². The number of fused-ring (bicyclic) bond motifs is 3. The summed E-state index contributed by atoms with van der Waals surface area (Å²) < 4.78 is 5.53. The Morgan fingerprint density at radius 1 is 1.03 bits per heavy atom. The highest BCUT2D eigenvalue weighted by Gasteiger charge is 2.32. The number of amides is 2. The van der Waals surface area contributed by atoms with Crippen LogP contribution in [0.5, 0.6) is 0 Å². The molecule has 2 aliphatic carbocycles. The first-order valence-corrected chi connectivity index (χ1v) is 11.6. The molecule has 0 aliphatic heterocycles. The lowest BCUT2D eigenvalue weighted by Gasteiger charge is -2.30. The minimum Gasteiger partial charge on any atom is -0.480 e. The third-order valence-corrected chi connectivity index (χ3v) is 6.67. The van der Waals surface area contributed by atoms with Gasteiger partial charge in [-0.15, -0.1) is 0 Å². The van der Waals surface area contributed by atoms with Gasteiger partial charge >= 0.3 is 12.1 Å². The van der Waals surface area contributed by atoms with Gasteiger partial charge in [-0.25, -0.2) is 4.79 Å². The van der Waals surface area contributed by atoms with E-state index in [1.165, 1.54) is 4.90 Å². The molecule has 7 heteroatoms. The maximum atomic E-state index is 12.9. The van der Waals surface area contributed by atoms with E-state index in [0.29, 0.717) is 0 Å². The van der Waals surface area contributed by atoms with Crippen LogP contribution in [0.4, 0.5) is 4.79 Å². The average molecular weight is 451 g/mol. The van der Waals surface area contributed by atoms with Crippen LogP contribution in [0.2, 0.25) is 0 Å². The molecule has 7 nitrogen and oxygen atoms in total. The zero-order valence-electron chi connectivity index (χ0n) is 18.8. The maximum Gasteiger partial charge on any atom is 0.407 e. The van der Waals surface area contributed by atoms with Crippen LogP contribution in [0, 0.1) is 5.92 Å². The minimum absolute atomic E-state index is 0.0318. The highest BCUT2D eigenvalue weighted by Crippen LogP contribution is 2.44. The van der Waals surface area contributed by atoms with E-state index in [0.717, 1.165) is 47.9 Å². The van der Waals surface area contributed by atoms with E-state index in [1.807, 2.05) is 24.3 Å². The van der Waals surface area contributed by atoms with Crippen molar-refractivity contribution < 1.29 is 24.2 Å². The van der Waals surface area contributed by atoms with E-state index < -0.39 is 18.0 Å². The van der Waals surface area contributed by atoms with Crippen LogP contribution in [0.15, 0.2) is 48.5 Å². The van der Waals surface area contributed by atoms with Crippen LogP contribution in [0.1, 0.15) is 49.7 Å². The Morgan fingerprint density at radius 2 is 1.61 bits per heavy atom. The largest absolute Gasteiger partial charge is 0.480 e. The van der Waals surface area contributed by atoms with Crippen molar-refractivity contribution in [3.63, 3.8) is 0 Å². The van der Waals surface area contributed by atoms with Gasteiger partial charge in [0.25, 0.3) is 0 Å². The quantitative estimate of drug-likeness (QED) is 0.633. The summed E-state index contributed by atoms with van der Waals surface area (Å²) in [6, 6.07) is 16.2. The van der Waals surface area contributed by atoms with E-state index in [4.69, 9.17) is 4.74 Å². The molecule has 1 atom stereocenters. The lowest BCUT2D eigenvalue weighted by atomic mass is 9.98.